The molecule has 4 aliphatic carbocycles. The standard InChI is InChI=1S/C33H58BN5O6/c1-7-8-15-25(22-12-9-10-13-22)26(40)18-23(14-11-16-36-31(35)38-39(42)43)30(41)37-29(17-21(2)3)34-44-28-20-24-19-27(32(24,4)5)33(28,6)45-34/h21-25,27-29H,7-20H2,1-6H3,(H,37,41)(H3,35,36,38)/t23-,24+,25?,27+,28-,29+,33+/m1/s1. The second-order valence-electron chi connectivity index (χ2n) is 15.5. The molecule has 45 heavy (non-hydrogen) atoms. The molecule has 11 nitrogen and oxygen atoms in total. The lowest BCUT2D eigenvalue weighted by Crippen LogP contribution is -2.65. The molecular formula is C33H58BN5O6. The van der Waals surface area contributed by atoms with Gasteiger partial charge in [-0.25, -0.2) is 15.1 Å². The first-order chi connectivity index (χ1) is 21.3. The Morgan fingerprint density at radius 3 is 2.47 bits per heavy atom. The molecule has 2 bridgehead atoms. The van der Waals surface area contributed by atoms with E-state index < -0.39 is 18.1 Å². The molecule has 0 aromatic rings. The number of hydrogen-bond acceptors (Lipinski definition) is 7. The van der Waals surface area contributed by atoms with E-state index in [4.69, 9.17) is 15.0 Å². The highest BCUT2D eigenvalue weighted by molar-refractivity contribution is 6.47. The minimum Gasteiger partial charge on any atom is -0.404 e. The Bertz CT molecular complexity index is 1080. The first-order valence-electron chi connectivity index (χ1n) is 17.6. The second-order valence-corrected chi connectivity index (χ2v) is 15.5. The van der Waals surface area contributed by atoms with Crippen LogP contribution in [0.2, 0.25) is 0 Å². The zero-order chi connectivity index (χ0) is 32.9. The summed E-state index contributed by atoms with van der Waals surface area (Å²) >= 11 is 0. The monoisotopic (exact) mass is 631 g/mol. The number of rotatable bonds is 17. The van der Waals surface area contributed by atoms with Crippen LogP contribution in [0, 0.1) is 51.0 Å². The molecule has 1 heterocycles. The highest BCUT2D eigenvalue weighted by Gasteiger charge is 2.68. The normalized spacial score (nSPS) is 29.5. The molecule has 4 N–H and O–H groups in total. The van der Waals surface area contributed by atoms with Crippen molar-refractivity contribution in [1.29, 1.82) is 0 Å². The van der Waals surface area contributed by atoms with Gasteiger partial charge in [0.2, 0.25) is 5.91 Å². The van der Waals surface area contributed by atoms with Crippen LogP contribution in [0.15, 0.2) is 4.99 Å². The third-order valence-corrected chi connectivity index (χ3v) is 11.6. The van der Waals surface area contributed by atoms with Crippen molar-refractivity contribution in [2.75, 3.05) is 6.54 Å². The summed E-state index contributed by atoms with van der Waals surface area (Å²) < 4.78 is 13.4. The predicted octanol–water partition coefficient (Wildman–Crippen LogP) is 5.23. The van der Waals surface area contributed by atoms with Crippen molar-refractivity contribution in [3.05, 3.63) is 10.1 Å². The van der Waals surface area contributed by atoms with Gasteiger partial charge in [0.05, 0.1) is 17.6 Å². The number of nitro groups is 1. The fourth-order valence-electron chi connectivity index (χ4n) is 8.95. The van der Waals surface area contributed by atoms with Crippen LogP contribution in [-0.4, -0.2) is 54.0 Å². The molecule has 5 aliphatic rings. The molecule has 0 radical (unpaired) electrons. The Hall–Kier alpha value is -2.21. The van der Waals surface area contributed by atoms with Crippen molar-refractivity contribution < 1.29 is 23.9 Å². The minimum absolute atomic E-state index is 0.00779. The van der Waals surface area contributed by atoms with Gasteiger partial charge in [0.1, 0.15) is 5.78 Å². The van der Waals surface area contributed by atoms with E-state index in [1.807, 2.05) is 5.43 Å². The lowest BCUT2D eigenvalue weighted by molar-refractivity contribution is -0.525. The number of carbonyl (C=O) groups is 2. The SMILES string of the molecule is CCCCC(C(=O)C[C@@H](CCCN=C(N)N[N+](=O)[O-])C(=O)N[C@@H](CC(C)C)B1O[C@@H]2C[C@@H]3C[C@@H](C3(C)C)[C@]2(C)O1)C1CCCC1. The van der Waals surface area contributed by atoms with Crippen LogP contribution in [-0.2, 0) is 18.9 Å². The predicted molar refractivity (Wildman–Crippen MR) is 175 cm³/mol. The van der Waals surface area contributed by atoms with Gasteiger partial charge in [-0.2, -0.15) is 0 Å². The molecule has 1 amide bonds. The van der Waals surface area contributed by atoms with Crippen molar-refractivity contribution in [3.8, 4) is 0 Å². The maximum absolute atomic E-state index is 14.1. The Balaban J connectivity index is 1.48. The molecule has 7 atom stereocenters. The molecular weight excluding hydrogens is 573 g/mol. The van der Waals surface area contributed by atoms with Gasteiger partial charge in [-0.3, -0.25) is 9.59 Å². The summed E-state index contributed by atoms with van der Waals surface area (Å²) in [7, 11) is -0.536. The first-order valence-corrected chi connectivity index (χ1v) is 17.6. The number of guanidine groups is 1. The molecule has 0 aromatic heterocycles. The van der Waals surface area contributed by atoms with Crippen molar-refractivity contribution in [2.24, 2.45) is 51.6 Å². The van der Waals surface area contributed by atoms with Crippen LogP contribution in [0.4, 0.5) is 0 Å². The topological polar surface area (TPSA) is 158 Å². The maximum atomic E-state index is 14.1. The average Bonchev–Trinajstić information content (AvgIpc) is 3.61. The second kappa shape index (κ2) is 15.1. The molecule has 4 saturated carbocycles. The number of amides is 1. The number of Topliss-reactive ketones (excluding diaryl/α,β-unsaturated/α-hetero) is 1. The van der Waals surface area contributed by atoms with Crippen LogP contribution in [0.1, 0.15) is 125 Å². The molecule has 5 fully saturated rings. The van der Waals surface area contributed by atoms with Crippen LogP contribution in [0.5, 0.6) is 0 Å². The Morgan fingerprint density at radius 2 is 1.84 bits per heavy atom. The van der Waals surface area contributed by atoms with Crippen LogP contribution in [0.25, 0.3) is 0 Å². The average molecular weight is 632 g/mol. The van der Waals surface area contributed by atoms with E-state index in [9.17, 15) is 19.7 Å². The number of unbranched alkanes of at least 4 members (excludes halogenated alkanes) is 1. The third-order valence-electron chi connectivity index (χ3n) is 11.6. The van der Waals surface area contributed by atoms with E-state index in [0.29, 0.717) is 42.9 Å². The number of hydrogen-bond donors (Lipinski definition) is 3. The van der Waals surface area contributed by atoms with Crippen molar-refractivity contribution in [3.63, 3.8) is 0 Å². The van der Waals surface area contributed by atoms with E-state index in [1.54, 1.807) is 0 Å². The molecule has 1 aliphatic heterocycles. The molecule has 0 spiro atoms. The summed E-state index contributed by atoms with van der Waals surface area (Å²) in [6, 6.07) is 0. The number of ketones is 1. The summed E-state index contributed by atoms with van der Waals surface area (Å²) in [4.78, 5) is 42.7. The van der Waals surface area contributed by atoms with Crippen molar-refractivity contribution >= 4 is 24.8 Å². The van der Waals surface area contributed by atoms with Crippen LogP contribution >= 0.6 is 0 Å². The number of nitrogens with zero attached hydrogens (tertiary/aromatic N) is 2. The van der Waals surface area contributed by atoms with Crippen LogP contribution < -0.4 is 16.5 Å². The van der Waals surface area contributed by atoms with E-state index in [1.165, 1.54) is 12.8 Å². The van der Waals surface area contributed by atoms with E-state index in [0.717, 1.165) is 44.9 Å². The zero-order valence-electron chi connectivity index (χ0n) is 28.5. The largest absolute Gasteiger partial charge is 0.481 e. The Labute approximate surface area is 270 Å². The highest BCUT2D eigenvalue weighted by Crippen LogP contribution is 2.65. The Morgan fingerprint density at radius 1 is 1.13 bits per heavy atom. The summed E-state index contributed by atoms with van der Waals surface area (Å²) in [6.45, 7) is 13.5. The van der Waals surface area contributed by atoms with Crippen molar-refractivity contribution in [1.82, 2.24) is 10.7 Å². The number of nitrogens with one attached hydrogen (secondary N) is 2. The van der Waals surface area contributed by atoms with E-state index in [2.05, 4.69) is 51.9 Å². The van der Waals surface area contributed by atoms with Gasteiger partial charge >= 0.3 is 7.12 Å². The number of carbonyl (C=O) groups excluding carboxylic acids is 2. The number of aliphatic imine (C=N–C) groups is 1. The summed E-state index contributed by atoms with van der Waals surface area (Å²) in [5.74, 6) is 0.629. The first kappa shape index (κ1) is 35.6. The van der Waals surface area contributed by atoms with Crippen LogP contribution in [0.3, 0.4) is 0 Å². The lowest BCUT2D eigenvalue weighted by Gasteiger charge is -2.64. The number of hydrazine groups is 1. The molecule has 5 rings (SSSR count). The Kier molecular flexibility index (Phi) is 12.0. The summed E-state index contributed by atoms with van der Waals surface area (Å²) in [5.41, 5.74) is 7.30. The molecule has 0 aromatic carbocycles. The lowest BCUT2D eigenvalue weighted by atomic mass is 9.43. The van der Waals surface area contributed by atoms with Crippen molar-refractivity contribution in [2.45, 2.75) is 143 Å². The molecule has 254 valence electrons. The zero-order valence-corrected chi connectivity index (χ0v) is 28.5. The quantitative estimate of drug-likeness (QED) is 0.0492. The van der Waals surface area contributed by atoms with Gasteiger partial charge in [-0.15, -0.1) is 0 Å². The molecule has 1 unspecified atom stereocenters. The van der Waals surface area contributed by atoms with Gasteiger partial charge in [-0.1, -0.05) is 65.7 Å². The highest BCUT2D eigenvalue weighted by atomic mass is 16.7. The number of nitrogens with two attached hydrogens (primary N) is 1. The summed E-state index contributed by atoms with van der Waals surface area (Å²) in [5, 5.41) is 13.2. The third kappa shape index (κ3) is 8.39. The van der Waals surface area contributed by atoms with Gasteiger partial charge < -0.3 is 20.4 Å². The smallest absolute Gasteiger partial charge is 0.404 e. The van der Waals surface area contributed by atoms with Gasteiger partial charge in [0, 0.05) is 24.8 Å². The van der Waals surface area contributed by atoms with Gasteiger partial charge in [0.25, 0.3) is 5.96 Å². The molecule has 12 heteroatoms. The minimum atomic E-state index is -0.754. The maximum Gasteiger partial charge on any atom is 0.481 e. The molecule has 1 saturated heterocycles. The summed E-state index contributed by atoms with van der Waals surface area (Å²) in [6.07, 6.45) is 11.4. The van der Waals surface area contributed by atoms with Gasteiger partial charge in [0.15, 0.2) is 5.03 Å². The van der Waals surface area contributed by atoms with E-state index >= 15 is 0 Å². The van der Waals surface area contributed by atoms with Gasteiger partial charge in [-0.05, 0) is 87.4 Å². The fraction of sp³-hybridized carbons (Fsp3) is 0.909. The van der Waals surface area contributed by atoms with E-state index in [-0.39, 0.29) is 59.6 Å². The fourth-order valence-corrected chi connectivity index (χ4v) is 8.95.